The van der Waals surface area contributed by atoms with Crippen molar-refractivity contribution in [2.75, 3.05) is 26.3 Å². The molecule has 1 aromatic heterocycles. The van der Waals surface area contributed by atoms with Crippen LogP contribution in [0.1, 0.15) is 31.9 Å². The Morgan fingerprint density at radius 1 is 1.56 bits per heavy atom. The van der Waals surface area contributed by atoms with Crippen LogP contribution in [0.3, 0.4) is 0 Å². The summed E-state index contributed by atoms with van der Waals surface area (Å²) in [5, 5.41) is 3.45. The van der Waals surface area contributed by atoms with Crippen LogP contribution in [0.2, 0.25) is 0 Å². The normalized spacial score (nSPS) is 27.8. The van der Waals surface area contributed by atoms with E-state index in [0.29, 0.717) is 0 Å². The predicted molar refractivity (Wildman–Crippen MR) is 70.6 cm³/mol. The second-order valence-corrected chi connectivity index (χ2v) is 5.98. The van der Waals surface area contributed by atoms with Gasteiger partial charge in [-0.25, -0.2) is 4.98 Å². The maximum Gasteiger partial charge on any atom is 0.0949 e. The molecular weight excluding hydrogens is 226 g/mol. The van der Waals surface area contributed by atoms with E-state index in [1.807, 2.05) is 12.5 Å². The Kier molecular flexibility index (Phi) is 3.39. The first-order chi connectivity index (χ1) is 8.78. The SMILES string of the molecule is CC1(c2cncn2CCOCC2CC2)CCNC1. The van der Waals surface area contributed by atoms with E-state index in [9.17, 15) is 0 Å². The van der Waals surface area contributed by atoms with Crippen molar-refractivity contribution in [3.8, 4) is 0 Å². The quantitative estimate of drug-likeness (QED) is 0.778. The van der Waals surface area contributed by atoms with Gasteiger partial charge in [0.15, 0.2) is 0 Å². The van der Waals surface area contributed by atoms with Gasteiger partial charge in [-0.15, -0.1) is 0 Å². The number of aromatic nitrogens is 2. The van der Waals surface area contributed by atoms with Crippen LogP contribution in [0.4, 0.5) is 0 Å². The Labute approximate surface area is 109 Å². The van der Waals surface area contributed by atoms with Gasteiger partial charge in [0.05, 0.1) is 12.9 Å². The highest BCUT2D eigenvalue weighted by atomic mass is 16.5. The zero-order valence-electron chi connectivity index (χ0n) is 11.2. The molecule has 0 bridgehead atoms. The molecule has 1 aliphatic heterocycles. The Bertz CT molecular complexity index is 391. The molecule has 1 atom stereocenters. The molecule has 100 valence electrons. The second-order valence-electron chi connectivity index (χ2n) is 5.98. The summed E-state index contributed by atoms with van der Waals surface area (Å²) in [7, 11) is 0. The molecule has 1 N–H and O–H groups in total. The van der Waals surface area contributed by atoms with Gasteiger partial charge >= 0.3 is 0 Å². The third kappa shape index (κ3) is 2.59. The molecule has 1 unspecified atom stereocenters. The van der Waals surface area contributed by atoms with E-state index >= 15 is 0 Å². The lowest BCUT2D eigenvalue weighted by molar-refractivity contribution is 0.116. The van der Waals surface area contributed by atoms with Crippen LogP contribution < -0.4 is 5.32 Å². The van der Waals surface area contributed by atoms with Crippen molar-refractivity contribution in [2.24, 2.45) is 5.92 Å². The van der Waals surface area contributed by atoms with Crippen LogP contribution in [-0.4, -0.2) is 35.9 Å². The second kappa shape index (κ2) is 5.02. The molecular formula is C14H23N3O. The monoisotopic (exact) mass is 249 g/mol. The lowest BCUT2D eigenvalue weighted by Crippen LogP contribution is -2.28. The average Bonchev–Trinajstić information content (AvgIpc) is 2.88. The molecule has 0 amide bonds. The molecule has 0 aromatic carbocycles. The summed E-state index contributed by atoms with van der Waals surface area (Å²) in [6.45, 7) is 7.18. The smallest absolute Gasteiger partial charge is 0.0949 e. The highest BCUT2D eigenvalue weighted by Gasteiger charge is 2.33. The molecule has 1 saturated carbocycles. The van der Waals surface area contributed by atoms with E-state index < -0.39 is 0 Å². The van der Waals surface area contributed by atoms with E-state index in [1.165, 1.54) is 25.0 Å². The number of hydrogen-bond acceptors (Lipinski definition) is 3. The zero-order valence-corrected chi connectivity index (χ0v) is 11.2. The highest BCUT2D eigenvalue weighted by molar-refractivity contribution is 5.17. The topological polar surface area (TPSA) is 39.1 Å². The molecule has 2 fully saturated rings. The minimum Gasteiger partial charge on any atom is -0.379 e. The number of nitrogens with zero attached hydrogens (tertiary/aromatic N) is 2. The first kappa shape index (κ1) is 12.2. The molecule has 4 heteroatoms. The van der Waals surface area contributed by atoms with Crippen LogP contribution in [0, 0.1) is 5.92 Å². The summed E-state index contributed by atoms with van der Waals surface area (Å²) in [6, 6.07) is 0. The van der Waals surface area contributed by atoms with E-state index in [4.69, 9.17) is 4.74 Å². The Morgan fingerprint density at radius 2 is 2.44 bits per heavy atom. The molecule has 2 aliphatic rings. The number of hydrogen-bond donors (Lipinski definition) is 1. The predicted octanol–water partition coefficient (Wildman–Crippen LogP) is 1.56. The summed E-state index contributed by atoms with van der Waals surface area (Å²) in [4.78, 5) is 4.32. The van der Waals surface area contributed by atoms with E-state index in [0.717, 1.165) is 38.8 Å². The van der Waals surface area contributed by atoms with Gasteiger partial charge in [0.25, 0.3) is 0 Å². The third-order valence-electron chi connectivity index (χ3n) is 4.23. The van der Waals surface area contributed by atoms with Gasteiger partial charge in [-0.3, -0.25) is 0 Å². The highest BCUT2D eigenvalue weighted by Crippen LogP contribution is 2.30. The van der Waals surface area contributed by atoms with Crippen molar-refractivity contribution in [1.29, 1.82) is 0 Å². The summed E-state index contributed by atoms with van der Waals surface area (Å²) in [6.07, 6.45) is 7.88. The molecule has 1 saturated heterocycles. The fourth-order valence-electron chi connectivity index (χ4n) is 2.73. The molecule has 2 heterocycles. The fraction of sp³-hybridized carbons (Fsp3) is 0.786. The lowest BCUT2D eigenvalue weighted by atomic mass is 9.86. The van der Waals surface area contributed by atoms with Crippen molar-refractivity contribution >= 4 is 0 Å². The van der Waals surface area contributed by atoms with Crippen molar-refractivity contribution in [3.63, 3.8) is 0 Å². The maximum absolute atomic E-state index is 5.72. The Hall–Kier alpha value is -0.870. The molecule has 0 radical (unpaired) electrons. The molecule has 4 nitrogen and oxygen atoms in total. The molecule has 1 aromatic rings. The van der Waals surface area contributed by atoms with Crippen LogP contribution in [-0.2, 0) is 16.7 Å². The largest absolute Gasteiger partial charge is 0.379 e. The first-order valence-corrected chi connectivity index (χ1v) is 7.07. The van der Waals surface area contributed by atoms with Crippen LogP contribution in [0.5, 0.6) is 0 Å². The summed E-state index contributed by atoms with van der Waals surface area (Å²) in [5.74, 6) is 0.851. The van der Waals surface area contributed by atoms with Crippen molar-refractivity contribution < 1.29 is 4.74 Å². The summed E-state index contributed by atoms with van der Waals surface area (Å²) < 4.78 is 7.98. The van der Waals surface area contributed by atoms with Gasteiger partial charge < -0.3 is 14.6 Å². The summed E-state index contributed by atoms with van der Waals surface area (Å²) in [5.41, 5.74) is 1.59. The number of rotatable bonds is 6. The van der Waals surface area contributed by atoms with Crippen LogP contribution >= 0.6 is 0 Å². The third-order valence-corrected chi connectivity index (χ3v) is 4.23. The number of imidazole rings is 1. The van der Waals surface area contributed by atoms with Gasteiger partial charge in [0.1, 0.15) is 0 Å². The van der Waals surface area contributed by atoms with Gasteiger partial charge in [-0.05, 0) is 31.7 Å². The minimum atomic E-state index is 0.243. The molecule has 3 rings (SSSR count). The van der Waals surface area contributed by atoms with Crippen LogP contribution in [0.25, 0.3) is 0 Å². The Balaban J connectivity index is 1.56. The van der Waals surface area contributed by atoms with Gasteiger partial charge in [0, 0.05) is 37.0 Å². The van der Waals surface area contributed by atoms with Gasteiger partial charge in [0.2, 0.25) is 0 Å². The van der Waals surface area contributed by atoms with Crippen molar-refractivity contribution in [3.05, 3.63) is 18.2 Å². The maximum atomic E-state index is 5.72. The van der Waals surface area contributed by atoms with E-state index in [1.54, 1.807) is 0 Å². The van der Waals surface area contributed by atoms with Crippen molar-refractivity contribution in [1.82, 2.24) is 14.9 Å². The molecule has 1 aliphatic carbocycles. The lowest BCUT2D eigenvalue weighted by Gasteiger charge is -2.24. The summed E-state index contributed by atoms with van der Waals surface area (Å²) >= 11 is 0. The average molecular weight is 249 g/mol. The zero-order chi connectivity index (χ0) is 12.4. The van der Waals surface area contributed by atoms with E-state index in [2.05, 4.69) is 21.8 Å². The van der Waals surface area contributed by atoms with Crippen LogP contribution in [0.15, 0.2) is 12.5 Å². The minimum absolute atomic E-state index is 0.243. The van der Waals surface area contributed by atoms with Crippen molar-refractivity contribution in [2.45, 2.75) is 38.1 Å². The van der Waals surface area contributed by atoms with E-state index in [-0.39, 0.29) is 5.41 Å². The fourth-order valence-corrected chi connectivity index (χ4v) is 2.73. The standard InChI is InChI=1S/C14H23N3O/c1-14(4-5-15-10-14)13-8-16-11-17(13)6-7-18-9-12-2-3-12/h8,11-12,15H,2-7,9-10H2,1H3. The molecule has 0 spiro atoms. The van der Waals surface area contributed by atoms with Gasteiger partial charge in [-0.2, -0.15) is 0 Å². The van der Waals surface area contributed by atoms with Gasteiger partial charge in [-0.1, -0.05) is 6.92 Å². The number of ether oxygens (including phenoxy) is 1. The molecule has 18 heavy (non-hydrogen) atoms. The Morgan fingerprint density at radius 3 is 3.17 bits per heavy atom. The number of nitrogens with one attached hydrogen (secondary N) is 1. The first-order valence-electron chi connectivity index (χ1n) is 7.07.